The first-order valence-corrected chi connectivity index (χ1v) is 15.2. The number of phosphoric acid groups is 1. The van der Waals surface area contributed by atoms with Gasteiger partial charge in [0.05, 0.1) is 13.2 Å². The van der Waals surface area contributed by atoms with Gasteiger partial charge in [-0.05, 0) is 32.1 Å². The third-order valence-electron chi connectivity index (χ3n) is 5.62. The van der Waals surface area contributed by atoms with Crippen molar-refractivity contribution in [2.24, 2.45) is 0 Å². The molecule has 0 aromatic heterocycles. The molecule has 1 amide bonds. The summed E-state index contributed by atoms with van der Waals surface area (Å²) in [6, 6.07) is -1.54. The minimum Gasteiger partial charge on any atom is -0.480 e. The second-order valence-electron chi connectivity index (χ2n) is 9.19. The Labute approximate surface area is 226 Å². The molecule has 0 aromatic rings. The van der Waals surface area contributed by atoms with Crippen molar-refractivity contribution in [3.8, 4) is 0 Å². The van der Waals surface area contributed by atoms with Crippen molar-refractivity contribution in [2.45, 2.75) is 116 Å². The fourth-order valence-electron chi connectivity index (χ4n) is 3.33. The van der Waals surface area contributed by atoms with Crippen LogP contribution in [0.4, 0.5) is 0 Å². The summed E-state index contributed by atoms with van der Waals surface area (Å²) in [7, 11) is -4.70. The zero-order valence-corrected chi connectivity index (χ0v) is 23.9. The topological polar surface area (TPSA) is 169 Å². The van der Waals surface area contributed by atoms with Crippen LogP contribution in [0.5, 0.6) is 0 Å². The number of hydrogen-bond donors (Lipinski definition) is 4. The van der Waals surface area contributed by atoms with Crippen molar-refractivity contribution in [1.29, 1.82) is 0 Å². The highest BCUT2D eigenvalue weighted by Crippen LogP contribution is 2.43. The van der Waals surface area contributed by atoms with Gasteiger partial charge >= 0.3 is 19.8 Å². The molecule has 3 atom stereocenters. The molecule has 0 saturated heterocycles. The number of allylic oxidation sites excluding steroid dienone is 2. The molecule has 0 saturated carbocycles. The van der Waals surface area contributed by atoms with E-state index in [1.54, 1.807) is 0 Å². The lowest BCUT2D eigenvalue weighted by Crippen LogP contribution is -2.43. The molecule has 0 fully saturated rings. The molecule has 38 heavy (non-hydrogen) atoms. The number of aliphatic hydroxyl groups excluding tert-OH is 1. The van der Waals surface area contributed by atoms with Crippen LogP contribution >= 0.6 is 7.82 Å². The highest BCUT2D eigenvalue weighted by atomic mass is 31.2. The zero-order valence-electron chi connectivity index (χ0n) is 23.0. The molecule has 12 heteroatoms. The molecule has 3 unspecified atom stereocenters. The molecule has 0 spiro atoms. The number of carbonyl (C=O) groups excluding carboxylic acids is 2. The summed E-state index contributed by atoms with van der Waals surface area (Å²) in [5, 5.41) is 21.0. The quantitative estimate of drug-likeness (QED) is 0.0529. The number of ether oxygens (including phenoxy) is 1. The van der Waals surface area contributed by atoms with E-state index in [-0.39, 0.29) is 12.8 Å². The first-order valence-electron chi connectivity index (χ1n) is 13.7. The third-order valence-corrected chi connectivity index (χ3v) is 6.57. The van der Waals surface area contributed by atoms with Crippen LogP contribution in [0.15, 0.2) is 12.2 Å². The van der Waals surface area contributed by atoms with Gasteiger partial charge in [0.15, 0.2) is 6.04 Å². The Bertz CT molecular complexity index is 731. The van der Waals surface area contributed by atoms with E-state index in [1.165, 1.54) is 39.0 Å². The molecule has 0 radical (unpaired) electrons. The highest BCUT2D eigenvalue weighted by molar-refractivity contribution is 7.47. The summed E-state index contributed by atoms with van der Waals surface area (Å²) in [4.78, 5) is 43.9. The van der Waals surface area contributed by atoms with E-state index in [0.29, 0.717) is 6.42 Å². The van der Waals surface area contributed by atoms with Gasteiger partial charge in [-0.2, -0.15) is 0 Å². The number of aliphatic hydroxyl groups is 1. The SMILES string of the molecule is CCCCCCC/C=C\CCCCCCCC(=O)OCC(O)COP(=O)(O)OCC(NC(=O)CC)C(=O)O. The predicted molar refractivity (Wildman–Crippen MR) is 143 cm³/mol. The Morgan fingerprint density at radius 2 is 1.39 bits per heavy atom. The van der Waals surface area contributed by atoms with Crippen molar-refractivity contribution >= 4 is 25.7 Å². The lowest BCUT2D eigenvalue weighted by molar-refractivity contribution is -0.147. The fraction of sp³-hybridized carbons (Fsp3) is 0.808. The molecule has 0 aromatic carbocycles. The Balaban J connectivity index is 3.84. The van der Waals surface area contributed by atoms with Crippen LogP contribution in [0.3, 0.4) is 0 Å². The van der Waals surface area contributed by atoms with Crippen LogP contribution in [0.1, 0.15) is 104 Å². The van der Waals surface area contributed by atoms with Gasteiger partial charge in [-0.1, -0.05) is 70.9 Å². The maximum atomic E-state index is 11.9. The standard InChI is InChI=1S/C26H48NO10P/c1-3-5-6-7-8-9-10-11-12-13-14-15-16-17-18-25(30)35-19-22(28)20-36-38(33,34)37-21-23(26(31)32)27-24(29)4-2/h10-11,22-23,28H,3-9,12-21H2,1-2H3,(H,27,29)(H,31,32)(H,33,34)/b11-10-. The summed E-state index contributed by atoms with van der Waals surface area (Å²) in [5.74, 6) is -2.50. The zero-order chi connectivity index (χ0) is 28.7. The number of carboxylic acids is 1. The molecular weight excluding hydrogens is 517 g/mol. The number of phosphoric ester groups is 1. The van der Waals surface area contributed by atoms with Crippen molar-refractivity contribution < 1.29 is 47.8 Å². The van der Waals surface area contributed by atoms with Crippen LogP contribution in [-0.4, -0.2) is 64.9 Å². The minimum absolute atomic E-state index is 0.0270. The van der Waals surface area contributed by atoms with E-state index < -0.39 is 57.6 Å². The van der Waals surface area contributed by atoms with Crippen LogP contribution in [0.2, 0.25) is 0 Å². The summed E-state index contributed by atoms with van der Waals surface area (Å²) < 4.78 is 26.0. The number of unbranched alkanes of at least 4 members (excludes halogenated alkanes) is 10. The van der Waals surface area contributed by atoms with Gasteiger partial charge in [0.2, 0.25) is 5.91 Å². The number of aliphatic carboxylic acids is 1. The second-order valence-corrected chi connectivity index (χ2v) is 10.6. The Hall–Kier alpha value is -1.78. The highest BCUT2D eigenvalue weighted by Gasteiger charge is 2.28. The number of nitrogens with one attached hydrogen (secondary N) is 1. The molecular formula is C26H48NO10P. The summed E-state index contributed by atoms with van der Waals surface area (Å²) in [5.41, 5.74) is 0. The third kappa shape index (κ3) is 22.2. The maximum Gasteiger partial charge on any atom is 0.472 e. The first-order chi connectivity index (χ1) is 18.1. The Morgan fingerprint density at radius 1 is 0.842 bits per heavy atom. The average Bonchev–Trinajstić information content (AvgIpc) is 2.88. The molecule has 0 aliphatic carbocycles. The summed E-state index contributed by atoms with van der Waals surface area (Å²) in [6.45, 7) is 1.83. The number of esters is 1. The Kier molecular flexibility index (Phi) is 22.1. The largest absolute Gasteiger partial charge is 0.480 e. The van der Waals surface area contributed by atoms with E-state index in [1.807, 2.05) is 0 Å². The van der Waals surface area contributed by atoms with Gasteiger partial charge in [-0.25, -0.2) is 9.36 Å². The van der Waals surface area contributed by atoms with Crippen molar-refractivity contribution in [3.05, 3.63) is 12.2 Å². The van der Waals surface area contributed by atoms with Gasteiger partial charge in [-0.15, -0.1) is 0 Å². The van der Waals surface area contributed by atoms with Crippen molar-refractivity contribution in [1.82, 2.24) is 5.32 Å². The average molecular weight is 566 g/mol. The smallest absolute Gasteiger partial charge is 0.472 e. The lowest BCUT2D eigenvalue weighted by Gasteiger charge is -2.18. The number of amides is 1. The number of hydrogen-bond acceptors (Lipinski definition) is 8. The van der Waals surface area contributed by atoms with E-state index in [9.17, 15) is 28.9 Å². The van der Waals surface area contributed by atoms with E-state index in [2.05, 4.69) is 33.4 Å². The maximum absolute atomic E-state index is 11.9. The molecule has 4 N–H and O–H groups in total. The molecule has 0 rings (SSSR count). The molecule has 0 heterocycles. The molecule has 11 nitrogen and oxygen atoms in total. The van der Waals surface area contributed by atoms with E-state index in [0.717, 1.165) is 38.5 Å². The van der Waals surface area contributed by atoms with Gasteiger partial charge in [0.1, 0.15) is 12.7 Å². The summed E-state index contributed by atoms with van der Waals surface area (Å²) >= 11 is 0. The summed E-state index contributed by atoms with van der Waals surface area (Å²) in [6.07, 6.45) is 17.0. The van der Waals surface area contributed by atoms with Gasteiger partial charge < -0.3 is 25.2 Å². The monoisotopic (exact) mass is 565 g/mol. The lowest BCUT2D eigenvalue weighted by atomic mass is 10.1. The number of rotatable bonds is 25. The molecule has 0 aliphatic heterocycles. The van der Waals surface area contributed by atoms with E-state index >= 15 is 0 Å². The van der Waals surface area contributed by atoms with Crippen molar-refractivity contribution in [3.63, 3.8) is 0 Å². The number of carboxylic acid groups (broad SMARTS) is 1. The van der Waals surface area contributed by atoms with Crippen LogP contribution < -0.4 is 5.32 Å². The minimum atomic E-state index is -4.70. The van der Waals surface area contributed by atoms with Gasteiger partial charge in [0, 0.05) is 12.8 Å². The van der Waals surface area contributed by atoms with Crippen LogP contribution in [0, 0.1) is 0 Å². The van der Waals surface area contributed by atoms with Gasteiger partial charge in [-0.3, -0.25) is 18.6 Å². The molecule has 222 valence electrons. The van der Waals surface area contributed by atoms with Crippen LogP contribution in [0.25, 0.3) is 0 Å². The normalized spacial score (nSPS) is 14.6. The van der Waals surface area contributed by atoms with Gasteiger partial charge in [0.25, 0.3) is 0 Å². The fourth-order valence-corrected chi connectivity index (χ4v) is 4.10. The molecule has 0 aliphatic rings. The molecule has 0 bridgehead atoms. The first kappa shape index (κ1) is 36.2. The Morgan fingerprint density at radius 3 is 1.97 bits per heavy atom. The van der Waals surface area contributed by atoms with Crippen LogP contribution in [-0.2, 0) is 32.7 Å². The van der Waals surface area contributed by atoms with E-state index in [4.69, 9.17) is 9.84 Å². The predicted octanol–water partition coefficient (Wildman–Crippen LogP) is 4.65. The van der Waals surface area contributed by atoms with Crippen molar-refractivity contribution in [2.75, 3.05) is 19.8 Å². The second kappa shape index (κ2) is 23.1. The number of carbonyl (C=O) groups is 3.